The van der Waals surface area contributed by atoms with E-state index in [1.807, 2.05) is 13.8 Å². The van der Waals surface area contributed by atoms with Gasteiger partial charge in [-0.25, -0.2) is 9.37 Å². The maximum Gasteiger partial charge on any atom is 0.274 e. The molecule has 0 saturated carbocycles. The van der Waals surface area contributed by atoms with E-state index in [0.29, 0.717) is 22.9 Å². The molecule has 0 radical (unpaired) electrons. The summed E-state index contributed by atoms with van der Waals surface area (Å²) in [5.41, 5.74) is 0.774. The number of hydrogen-bond acceptors (Lipinski definition) is 6. The molecule has 4 rings (SSSR count). The molecule has 4 aromatic rings. The molecule has 0 atom stereocenters. The number of anilines is 1. The van der Waals surface area contributed by atoms with E-state index in [4.69, 9.17) is 9.47 Å². The summed E-state index contributed by atoms with van der Waals surface area (Å²) in [4.78, 5) is 33.0. The second kappa shape index (κ2) is 9.51. The molecule has 0 bridgehead atoms. The molecular weight excluding hydrogens is 429 g/mol. The molecule has 10 heteroatoms. The van der Waals surface area contributed by atoms with Crippen LogP contribution in [-0.4, -0.2) is 31.7 Å². The highest BCUT2D eigenvalue weighted by atomic mass is 19.1. The predicted octanol–water partition coefficient (Wildman–Crippen LogP) is 3.21. The fourth-order valence-electron chi connectivity index (χ4n) is 3.11. The Bertz CT molecular complexity index is 1330. The van der Waals surface area contributed by atoms with Crippen LogP contribution < -0.4 is 20.3 Å². The molecule has 0 saturated heterocycles. The van der Waals surface area contributed by atoms with Gasteiger partial charge in [-0.3, -0.25) is 14.3 Å². The van der Waals surface area contributed by atoms with E-state index < -0.39 is 5.82 Å². The Labute approximate surface area is 188 Å². The first-order chi connectivity index (χ1) is 15.9. The van der Waals surface area contributed by atoms with E-state index in [9.17, 15) is 14.0 Å². The first kappa shape index (κ1) is 22.0. The Morgan fingerprint density at radius 3 is 2.61 bits per heavy atom. The van der Waals surface area contributed by atoms with Crippen LogP contribution in [0.1, 0.15) is 25.6 Å². The zero-order chi connectivity index (χ0) is 23.4. The van der Waals surface area contributed by atoms with Gasteiger partial charge < -0.3 is 14.8 Å². The molecule has 0 aliphatic carbocycles. The summed E-state index contributed by atoms with van der Waals surface area (Å²) in [5, 5.41) is 2.69. The minimum Gasteiger partial charge on any atom is -0.487 e. The molecular formula is C23H22FN5O4. The van der Waals surface area contributed by atoms with Crippen molar-refractivity contribution in [3.8, 4) is 11.5 Å². The zero-order valence-corrected chi connectivity index (χ0v) is 18.1. The maximum atomic E-state index is 13.1. The fraction of sp³-hybridized carbons (Fsp3) is 0.217. The Kier molecular flexibility index (Phi) is 6.34. The highest BCUT2D eigenvalue weighted by Gasteiger charge is 2.11. The number of amides is 1. The number of carbonyl (C=O) groups is 1. The molecule has 0 fully saturated rings. The van der Waals surface area contributed by atoms with Gasteiger partial charge in [0.05, 0.1) is 5.69 Å². The minimum absolute atomic E-state index is 0.0727. The normalized spacial score (nSPS) is 11.0. The summed E-state index contributed by atoms with van der Waals surface area (Å²) in [5.74, 6) is 0.309. The lowest BCUT2D eigenvalue weighted by Crippen LogP contribution is -2.23. The van der Waals surface area contributed by atoms with E-state index >= 15 is 0 Å². The zero-order valence-electron chi connectivity index (χ0n) is 18.1. The molecule has 0 aliphatic heterocycles. The van der Waals surface area contributed by atoms with E-state index in [0.717, 1.165) is 0 Å². The number of hydrogen-bond donors (Lipinski definition) is 1. The number of rotatable bonds is 8. The number of nitrogens with zero attached hydrogens (tertiary/aromatic N) is 4. The van der Waals surface area contributed by atoms with Crippen LogP contribution in [0.5, 0.6) is 11.5 Å². The SMILES string of the molecule is CC(C)n1cnc2nc(COc3ccc(NC(=O)COc4cccc(F)c4)cc3)cc(=O)n21. The topological polar surface area (TPSA) is 99.8 Å². The van der Waals surface area contributed by atoms with Crippen LogP contribution in [0.25, 0.3) is 5.78 Å². The van der Waals surface area contributed by atoms with Crippen molar-refractivity contribution < 1.29 is 18.7 Å². The molecule has 1 N–H and O–H groups in total. The average molecular weight is 451 g/mol. The van der Waals surface area contributed by atoms with Gasteiger partial charge in [0.2, 0.25) is 0 Å². The van der Waals surface area contributed by atoms with E-state index in [2.05, 4.69) is 15.3 Å². The number of aromatic nitrogens is 4. The Hall–Kier alpha value is -4.21. The van der Waals surface area contributed by atoms with Crippen LogP contribution in [0, 0.1) is 5.82 Å². The fourth-order valence-corrected chi connectivity index (χ4v) is 3.11. The largest absolute Gasteiger partial charge is 0.487 e. The van der Waals surface area contributed by atoms with Crippen molar-refractivity contribution in [3.63, 3.8) is 0 Å². The standard InChI is InChI=1S/C23H22FN5O4/c1-15(2)28-14-25-23-27-18(11-22(31)29(23)28)12-32-19-8-6-17(7-9-19)26-21(30)13-33-20-5-3-4-16(24)10-20/h3-11,14-15H,12-13H2,1-2H3,(H,26,30). The third-order valence-corrected chi connectivity index (χ3v) is 4.67. The Morgan fingerprint density at radius 2 is 1.88 bits per heavy atom. The Balaban J connectivity index is 1.32. The molecule has 9 nitrogen and oxygen atoms in total. The van der Waals surface area contributed by atoms with Crippen molar-refractivity contribution in [2.45, 2.75) is 26.5 Å². The van der Waals surface area contributed by atoms with Crippen molar-refractivity contribution in [2.75, 3.05) is 11.9 Å². The number of fused-ring (bicyclic) bond motifs is 1. The lowest BCUT2D eigenvalue weighted by atomic mass is 10.3. The molecule has 2 heterocycles. The number of nitrogens with one attached hydrogen (secondary N) is 1. The van der Waals surface area contributed by atoms with Crippen LogP contribution in [-0.2, 0) is 11.4 Å². The van der Waals surface area contributed by atoms with Crippen molar-refractivity contribution >= 4 is 17.4 Å². The summed E-state index contributed by atoms with van der Waals surface area (Å²) in [6.45, 7) is 3.74. The molecule has 2 aromatic heterocycles. The molecule has 0 unspecified atom stereocenters. The van der Waals surface area contributed by atoms with Gasteiger partial charge in [-0.15, -0.1) is 0 Å². The van der Waals surface area contributed by atoms with E-state index in [-0.39, 0.29) is 36.5 Å². The van der Waals surface area contributed by atoms with Crippen LogP contribution in [0.15, 0.2) is 65.7 Å². The van der Waals surface area contributed by atoms with Gasteiger partial charge in [0, 0.05) is 23.9 Å². The lowest BCUT2D eigenvalue weighted by molar-refractivity contribution is -0.118. The summed E-state index contributed by atoms with van der Waals surface area (Å²) < 4.78 is 27.3. The average Bonchev–Trinajstić information content (AvgIpc) is 3.22. The molecule has 0 aliphatic rings. The second-order valence-electron chi connectivity index (χ2n) is 7.52. The highest BCUT2D eigenvalue weighted by molar-refractivity contribution is 5.91. The predicted molar refractivity (Wildman–Crippen MR) is 119 cm³/mol. The van der Waals surface area contributed by atoms with Gasteiger partial charge in [0.15, 0.2) is 6.61 Å². The van der Waals surface area contributed by atoms with Gasteiger partial charge in [-0.1, -0.05) is 6.07 Å². The van der Waals surface area contributed by atoms with Crippen LogP contribution in [0.3, 0.4) is 0 Å². The van der Waals surface area contributed by atoms with Crippen LogP contribution in [0.4, 0.5) is 10.1 Å². The van der Waals surface area contributed by atoms with Gasteiger partial charge in [-0.2, -0.15) is 9.50 Å². The third-order valence-electron chi connectivity index (χ3n) is 4.67. The first-order valence-corrected chi connectivity index (χ1v) is 10.3. The van der Waals surface area contributed by atoms with Crippen molar-refractivity contribution in [1.29, 1.82) is 0 Å². The molecule has 2 aromatic carbocycles. The Morgan fingerprint density at radius 1 is 1.09 bits per heavy atom. The van der Waals surface area contributed by atoms with Gasteiger partial charge in [0.1, 0.15) is 30.3 Å². The summed E-state index contributed by atoms with van der Waals surface area (Å²) in [6.07, 6.45) is 1.58. The molecule has 1 amide bonds. The monoisotopic (exact) mass is 451 g/mol. The quantitative estimate of drug-likeness (QED) is 0.442. The minimum atomic E-state index is -0.436. The van der Waals surface area contributed by atoms with Crippen LogP contribution >= 0.6 is 0 Å². The molecule has 33 heavy (non-hydrogen) atoms. The number of ether oxygens (including phenoxy) is 2. The van der Waals surface area contributed by atoms with E-state index in [1.54, 1.807) is 41.3 Å². The molecule has 0 spiro atoms. The number of halogens is 1. The summed E-state index contributed by atoms with van der Waals surface area (Å²) in [6, 6.07) is 13.8. The lowest BCUT2D eigenvalue weighted by Gasteiger charge is -2.10. The van der Waals surface area contributed by atoms with Crippen molar-refractivity contribution in [3.05, 3.63) is 82.8 Å². The molecule has 170 valence electrons. The van der Waals surface area contributed by atoms with Gasteiger partial charge in [-0.05, 0) is 50.2 Å². The smallest absolute Gasteiger partial charge is 0.274 e. The second-order valence-corrected chi connectivity index (χ2v) is 7.52. The van der Waals surface area contributed by atoms with Gasteiger partial charge in [0.25, 0.3) is 17.2 Å². The number of benzene rings is 2. The van der Waals surface area contributed by atoms with E-state index in [1.165, 1.54) is 28.8 Å². The maximum absolute atomic E-state index is 13.1. The summed E-state index contributed by atoms with van der Waals surface area (Å²) in [7, 11) is 0. The number of carbonyl (C=O) groups excluding carboxylic acids is 1. The van der Waals surface area contributed by atoms with Crippen molar-refractivity contribution in [1.82, 2.24) is 19.2 Å². The van der Waals surface area contributed by atoms with Crippen molar-refractivity contribution in [2.24, 2.45) is 0 Å². The van der Waals surface area contributed by atoms with Crippen LogP contribution in [0.2, 0.25) is 0 Å². The third kappa shape index (κ3) is 5.35. The van der Waals surface area contributed by atoms with Gasteiger partial charge >= 0.3 is 0 Å². The first-order valence-electron chi connectivity index (χ1n) is 10.3. The highest BCUT2D eigenvalue weighted by Crippen LogP contribution is 2.17. The summed E-state index contributed by atoms with van der Waals surface area (Å²) >= 11 is 0.